The van der Waals surface area contributed by atoms with E-state index in [0.29, 0.717) is 0 Å². The minimum atomic E-state index is 0. The van der Waals surface area contributed by atoms with Crippen molar-refractivity contribution in [3.05, 3.63) is 43.8 Å². The van der Waals surface area contributed by atoms with Gasteiger partial charge in [0.2, 0.25) is 0 Å². The second kappa shape index (κ2) is 10.6. The standard InChI is InChI=1S/C5H5N.C2H4.HI/c1-2-4-6-5-3-1;1-2;/h1-5H;1-2H2;1H. The summed E-state index contributed by atoms with van der Waals surface area (Å²) in [6, 6.07) is 5.72. The van der Waals surface area contributed by atoms with Crippen molar-refractivity contribution < 1.29 is 0 Å². The van der Waals surface area contributed by atoms with E-state index < -0.39 is 0 Å². The van der Waals surface area contributed by atoms with E-state index in [4.69, 9.17) is 0 Å². The van der Waals surface area contributed by atoms with E-state index in [1.165, 1.54) is 0 Å². The number of hydrogen-bond acceptors (Lipinski definition) is 1. The van der Waals surface area contributed by atoms with Gasteiger partial charge in [-0.3, -0.25) is 4.98 Å². The highest BCUT2D eigenvalue weighted by Gasteiger charge is 1.58. The van der Waals surface area contributed by atoms with E-state index in [9.17, 15) is 0 Å². The summed E-state index contributed by atoms with van der Waals surface area (Å²) in [5, 5.41) is 0. The monoisotopic (exact) mass is 235 g/mol. The zero-order chi connectivity index (χ0) is 6.24. The zero-order valence-electron chi connectivity index (χ0n) is 5.16. The minimum absolute atomic E-state index is 0. The molecular formula is C7H10IN. The number of nitrogens with zero attached hydrogens (tertiary/aromatic N) is 1. The van der Waals surface area contributed by atoms with Crippen LogP contribution in [0, 0.1) is 0 Å². The van der Waals surface area contributed by atoms with Crippen LogP contribution in [0.25, 0.3) is 0 Å². The van der Waals surface area contributed by atoms with Crippen LogP contribution in [0.5, 0.6) is 0 Å². The summed E-state index contributed by atoms with van der Waals surface area (Å²) >= 11 is 0. The van der Waals surface area contributed by atoms with Crippen molar-refractivity contribution >= 4 is 24.0 Å². The van der Waals surface area contributed by atoms with Gasteiger partial charge in [0.15, 0.2) is 0 Å². The van der Waals surface area contributed by atoms with Gasteiger partial charge in [-0.1, -0.05) is 6.07 Å². The fraction of sp³-hybridized carbons (Fsp3) is 0. The lowest BCUT2D eigenvalue weighted by Crippen LogP contribution is -1.58. The van der Waals surface area contributed by atoms with Crippen molar-refractivity contribution in [2.45, 2.75) is 0 Å². The third-order valence-electron chi connectivity index (χ3n) is 0.566. The molecule has 0 atom stereocenters. The van der Waals surface area contributed by atoms with Gasteiger partial charge in [-0.05, 0) is 12.1 Å². The number of halogens is 1. The Labute approximate surface area is 72.8 Å². The Morgan fingerprint density at radius 2 is 1.33 bits per heavy atom. The smallest absolute Gasteiger partial charge is 0.0267 e. The summed E-state index contributed by atoms with van der Waals surface area (Å²) < 4.78 is 0. The molecule has 1 rings (SSSR count). The third-order valence-corrected chi connectivity index (χ3v) is 0.566. The Morgan fingerprint density at radius 3 is 1.44 bits per heavy atom. The molecular weight excluding hydrogens is 225 g/mol. The Kier molecular flexibility index (Phi) is 13.4. The Hall–Kier alpha value is -0.380. The molecule has 0 radical (unpaired) electrons. The molecule has 0 N–H and O–H groups in total. The number of hydrogen-bond donors (Lipinski definition) is 0. The van der Waals surface area contributed by atoms with E-state index in [2.05, 4.69) is 18.1 Å². The van der Waals surface area contributed by atoms with Crippen molar-refractivity contribution in [2.75, 3.05) is 0 Å². The molecule has 1 nitrogen and oxygen atoms in total. The number of rotatable bonds is 0. The van der Waals surface area contributed by atoms with Gasteiger partial charge in [0.1, 0.15) is 0 Å². The highest BCUT2D eigenvalue weighted by atomic mass is 127. The van der Waals surface area contributed by atoms with Gasteiger partial charge in [-0.15, -0.1) is 37.1 Å². The minimum Gasteiger partial charge on any atom is -0.265 e. The molecule has 0 aliphatic heterocycles. The molecule has 2 heteroatoms. The lowest BCUT2D eigenvalue weighted by atomic mass is 10.5. The molecule has 1 aromatic rings. The van der Waals surface area contributed by atoms with Crippen LogP contribution in [-0.2, 0) is 0 Å². The van der Waals surface area contributed by atoms with Gasteiger partial charge in [-0.2, -0.15) is 0 Å². The van der Waals surface area contributed by atoms with Gasteiger partial charge in [0.25, 0.3) is 0 Å². The van der Waals surface area contributed by atoms with Crippen LogP contribution in [0.1, 0.15) is 0 Å². The average molecular weight is 235 g/mol. The zero-order valence-corrected chi connectivity index (χ0v) is 7.49. The molecule has 0 aliphatic rings. The fourth-order valence-corrected chi connectivity index (χ4v) is 0.313. The number of aromatic nitrogens is 1. The van der Waals surface area contributed by atoms with Gasteiger partial charge in [-0.25, -0.2) is 0 Å². The summed E-state index contributed by atoms with van der Waals surface area (Å²) in [7, 11) is 0. The third kappa shape index (κ3) is 7.62. The molecule has 1 heterocycles. The normalized spacial score (nSPS) is 5.78. The van der Waals surface area contributed by atoms with Gasteiger partial charge < -0.3 is 0 Å². The molecule has 0 aromatic carbocycles. The predicted octanol–water partition coefficient (Wildman–Crippen LogP) is 2.50. The Bertz CT molecular complexity index is 91.8. The second-order valence-corrected chi connectivity index (χ2v) is 1.02. The summed E-state index contributed by atoms with van der Waals surface area (Å²) in [5.41, 5.74) is 0. The first-order chi connectivity index (χ1) is 4.00. The van der Waals surface area contributed by atoms with E-state index in [1.807, 2.05) is 18.2 Å². The maximum absolute atomic E-state index is 3.78. The summed E-state index contributed by atoms with van der Waals surface area (Å²) in [4.78, 5) is 3.78. The molecule has 0 spiro atoms. The van der Waals surface area contributed by atoms with E-state index in [0.717, 1.165) is 0 Å². The Morgan fingerprint density at radius 1 is 0.889 bits per heavy atom. The predicted molar refractivity (Wildman–Crippen MR) is 50.9 cm³/mol. The van der Waals surface area contributed by atoms with Crippen molar-refractivity contribution in [1.29, 1.82) is 0 Å². The molecule has 1 aromatic heterocycles. The van der Waals surface area contributed by atoms with E-state index in [-0.39, 0.29) is 24.0 Å². The molecule has 0 fully saturated rings. The quantitative estimate of drug-likeness (QED) is 0.497. The average Bonchev–Trinajstić information content (AvgIpc) is 1.96. The summed E-state index contributed by atoms with van der Waals surface area (Å²) in [6.45, 7) is 6.00. The Balaban J connectivity index is 0. The maximum atomic E-state index is 3.78. The molecule has 0 saturated carbocycles. The van der Waals surface area contributed by atoms with Gasteiger partial charge in [0, 0.05) is 12.4 Å². The lowest BCUT2D eigenvalue weighted by Gasteiger charge is -1.70. The first-order valence-electron chi connectivity index (χ1n) is 2.35. The van der Waals surface area contributed by atoms with Crippen molar-refractivity contribution in [3.63, 3.8) is 0 Å². The second-order valence-electron chi connectivity index (χ2n) is 1.02. The lowest BCUT2D eigenvalue weighted by molar-refractivity contribution is 1.33. The molecule has 0 aliphatic carbocycles. The molecule has 0 bridgehead atoms. The summed E-state index contributed by atoms with van der Waals surface area (Å²) in [6.07, 6.45) is 3.50. The fourth-order valence-electron chi connectivity index (χ4n) is 0.313. The summed E-state index contributed by atoms with van der Waals surface area (Å²) in [5.74, 6) is 0. The van der Waals surface area contributed by atoms with E-state index in [1.54, 1.807) is 12.4 Å². The molecule has 9 heavy (non-hydrogen) atoms. The van der Waals surface area contributed by atoms with Crippen molar-refractivity contribution in [3.8, 4) is 0 Å². The first kappa shape index (κ1) is 11.4. The highest BCUT2D eigenvalue weighted by molar-refractivity contribution is 14.0. The van der Waals surface area contributed by atoms with Crippen molar-refractivity contribution in [1.82, 2.24) is 4.98 Å². The molecule has 50 valence electrons. The van der Waals surface area contributed by atoms with Crippen LogP contribution in [-0.4, -0.2) is 4.98 Å². The van der Waals surface area contributed by atoms with Crippen molar-refractivity contribution in [2.24, 2.45) is 0 Å². The molecule has 0 amide bonds. The van der Waals surface area contributed by atoms with Gasteiger partial charge in [0.05, 0.1) is 0 Å². The van der Waals surface area contributed by atoms with E-state index >= 15 is 0 Å². The molecule has 0 saturated heterocycles. The first-order valence-corrected chi connectivity index (χ1v) is 2.35. The largest absolute Gasteiger partial charge is 0.265 e. The van der Waals surface area contributed by atoms with Crippen LogP contribution in [0.3, 0.4) is 0 Å². The molecule has 0 unspecified atom stereocenters. The van der Waals surface area contributed by atoms with Crippen LogP contribution in [0.15, 0.2) is 43.8 Å². The van der Waals surface area contributed by atoms with Crippen LogP contribution >= 0.6 is 24.0 Å². The number of pyridine rings is 1. The maximum Gasteiger partial charge on any atom is 0.0267 e. The van der Waals surface area contributed by atoms with Crippen LogP contribution < -0.4 is 0 Å². The van der Waals surface area contributed by atoms with Crippen LogP contribution in [0.2, 0.25) is 0 Å². The highest BCUT2D eigenvalue weighted by Crippen LogP contribution is 1.73. The van der Waals surface area contributed by atoms with Crippen LogP contribution in [0.4, 0.5) is 0 Å². The SMILES string of the molecule is C=C.I.c1ccncc1. The van der Waals surface area contributed by atoms with Gasteiger partial charge >= 0.3 is 0 Å². The topological polar surface area (TPSA) is 12.9 Å².